The molecule has 6 heteroatoms. The molecule has 0 saturated heterocycles. The van der Waals surface area contributed by atoms with Crippen molar-refractivity contribution in [1.29, 1.82) is 0 Å². The standard InChI is InChI=1S/C20H24N4O2/c1-26-17-9-7-16(8-10-17)24-20(25)18-13-19(23-14-22-18)21-12-11-15-5-3-2-4-6-15/h5,7-10,13-14H,2-4,6,11-12H2,1H3,(H,24,25)(H,21,22,23). The summed E-state index contributed by atoms with van der Waals surface area (Å²) in [5.74, 6) is 1.14. The average Bonchev–Trinajstić information content (AvgIpc) is 2.69. The summed E-state index contributed by atoms with van der Waals surface area (Å²) in [7, 11) is 1.60. The summed E-state index contributed by atoms with van der Waals surface area (Å²) in [4.78, 5) is 20.6. The van der Waals surface area contributed by atoms with E-state index in [2.05, 4.69) is 26.7 Å². The lowest BCUT2D eigenvalue weighted by Crippen LogP contribution is -2.15. The molecule has 1 aromatic carbocycles. The molecular formula is C20H24N4O2. The monoisotopic (exact) mass is 352 g/mol. The fourth-order valence-corrected chi connectivity index (χ4v) is 2.93. The second kappa shape index (κ2) is 8.99. The lowest BCUT2D eigenvalue weighted by Gasteiger charge is -2.13. The zero-order valence-electron chi connectivity index (χ0n) is 15.0. The van der Waals surface area contributed by atoms with Crippen LogP contribution in [-0.2, 0) is 0 Å². The van der Waals surface area contributed by atoms with E-state index in [-0.39, 0.29) is 5.91 Å². The molecule has 1 aliphatic carbocycles. The smallest absolute Gasteiger partial charge is 0.274 e. The third kappa shape index (κ3) is 5.05. The Morgan fingerprint density at radius 3 is 2.77 bits per heavy atom. The van der Waals surface area contributed by atoms with Crippen molar-refractivity contribution in [3.63, 3.8) is 0 Å². The van der Waals surface area contributed by atoms with E-state index in [4.69, 9.17) is 4.74 Å². The van der Waals surface area contributed by atoms with Crippen molar-refractivity contribution < 1.29 is 9.53 Å². The third-order valence-electron chi connectivity index (χ3n) is 4.38. The van der Waals surface area contributed by atoms with Crippen LogP contribution in [0, 0.1) is 0 Å². The summed E-state index contributed by atoms with van der Waals surface area (Å²) < 4.78 is 5.11. The number of rotatable bonds is 7. The van der Waals surface area contributed by atoms with Gasteiger partial charge in [-0.25, -0.2) is 9.97 Å². The minimum atomic E-state index is -0.268. The largest absolute Gasteiger partial charge is 0.497 e. The molecule has 0 radical (unpaired) electrons. The number of nitrogens with one attached hydrogen (secondary N) is 2. The molecule has 0 saturated carbocycles. The van der Waals surface area contributed by atoms with Gasteiger partial charge in [0.2, 0.25) is 0 Å². The van der Waals surface area contributed by atoms with Gasteiger partial charge >= 0.3 is 0 Å². The van der Waals surface area contributed by atoms with Crippen molar-refractivity contribution in [2.75, 3.05) is 24.3 Å². The Balaban J connectivity index is 1.55. The van der Waals surface area contributed by atoms with Crippen molar-refractivity contribution in [3.05, 3.63) is 54.0 Å². The fraction of sp³-hybridized carbons (Fsp3) is 0.350. The Morgan fingerprint density at radius 1 is 1.19 bits per heavy atom. The van der Waals surface area contributed by atoms with Crippen LogP contribution in [0.2, 0.25) is 0 Å². The van der Waals surface area contributed by atoms with Crippen LogP contribution in [0.4, 0.5) is 11.5 Å². The Morgan fingerprint density at radius 2 is 2.04 bits per heavy atom. The van der Waals surface area contributed by atoms with Crippen LogP contribution in [0.25, 0.3) is 0 Å². The molecule has 6 nitrogen and oxygen atoms in total. The summed E-state index contributed by atoms with van der Waals surface area (Å²) in [6, 6.07) is 8.84. The van der Waals surface area contributed by atoms with Gasteiger partial charge in [0.25, 0.3) is 5.91 Å². The summed E-state index contributed by atoms with van der Waals surface area (Å²) in [6.07, 6.45) is 9.74. The minimum absolute atomic E-state index is 0.268. The van der Waals surface area contributed by atoms with Gasteiger partial charge in [0.1, 0.15) is 23.6 Å². The zero-order valence-corrected chi connectivity index (χ0v) is 15.0. The van der Waals surface area contributed by atoms with Crippen LogP contribution in [0.15, 0.2) is 48.3 Å². The Hall–Kier alpha value is -2.89. The van der Waals surface area contributed by atoms with Crippen LogP contribution in [0.3, 0.4) is 0 Å². The molecule has 1 aliphatic rings. The molecule has 136 valence electrons. The molecule has 0 spiro atoms. The third-order valence-corrected chi connectivity index (χ3v) is 4.38. The van der Waals surface area contributed by atoms with Crippen molar-refractivity contribution in [2.24, 2.45) is 0 Å². The van der Waals surface area contributed by atoms with E-state index in [9.17, 15) is 4.79 Å². The number of hydrogen-bond acceptors (Lipinski definition) is 5. The summed E-state index contributed by atoms with van der Waals surface area (Å²) in [6.45, 7) is 0.808. The molecule has 0 unspecified atom stereocenters. The minimum Gasteiger partial charge on any atom is -0.497 e. The Labute approximate surface area is 153 Å². The highest BCUT2D eigenvalue weighted by Gasteiger charge is 2.10. The van der Waals surface area contributed by atoms with E-state index < -0.39 is 0 Å². The molecule has 1 amide bonds. The second-order valence-corrected chi connectivity index (χ2v) is 6.26. The predicted octanol–water partition coefficient (Wildman–Crippen LogP) is 4.04. The number of carbonyl (C=O) groups excluding carboxylic acids is 1. The number of amides is 1. The Bertz CT molecular complexity index is 772. The lowest BCUT2D eigenvalue weighted by molar-refractivity contribution is 0.102. The zero-order chi connectivity index (χ0) is 18.2. The van der Waals surface area contributed by atoms with Gasteiger partial charge in [0, 0.05) is 18.3 Å². The highest BCUT2D eigenvalue weighted by atomic mass is 16.5. The van der Waals surface area contributed by atoms with E-state index in [1.807, 2.05) is 0 Å². The SMILES string of the molecule is COc1ccc(NC(=O)c2cc(NCCC3=CCCCC3)ncn2)cc1. The van der Waals surface area contributed by atoms with Gasteiger partial charge in [0.15, 0.2) is 0 Å². The highest BCUT2D eigenvalue weighted by Crippen LogP contribution is 2.20. The van der Waals surface area contributed by atoms with Crippen LogP contribution in [0.1, 0.15) is 42.6 Å². The lowest BCUT2D eigenvalue weighted by atomic mass is 9.97. The number of methoxy groups -OCH3 is 1. The van der Waals surface area contributed by atoms with E-state index in [1.54, 1.807) is 37.4 Å². The maximum absolute atomic E-state index is 12.4. The Kier molecular flexibility index (Phi) is 6.19. The first-order valence-electron chi connectivity index (χ1n) is 8.94. The first kappa shape index (κ1) is 17.9. The van der Waals surface area contributed by atoms with Crippen LogP contribution >= 0.6 is 0 Å². The van der Waals surface area contributed by atoms with Gasteiger partial charge in [-0.2, -0.15) is 0 Å². The topological polar surface area (TPSA) is 76.1 Å². The molecule has 1 heterocycles. The fourth-order valence-electron chi connectivity index (χ4n) is 2.93. The quantitative estimate of drug-likeness (QED) is 0.736. The normalized spacial score (nSPS) is 13.7. The van der Waals surface area contributed by atoms with Gasteiger partial charge < -0.3 is 15.4 Å². The van der Waals surface area contributed by atoms with Gasteiger partial charge in [-0.05, 0) is 56.4 Å². The van der Waals surface area contributed by atoms with Crippen molar-refractivity contribution in [1.82, 2.24) is 9.97 Å². The van der Waals surface area contributed by atoms with Crippen LogP contribution < -0.4 is 15.4 Å². The van der Waals surface area contributed by atoms with Crippen LogP contribution in [0.5, 0.6) is 5.75 Å². The number of nitrogens with zero attached hydrogens (tertiary/aromatic N) is 2. The predicted molar refractivity (Wildman–Crippen MR) is 103 cm³/mol. The summed E-state index contributed by atoms with van der Waals surface area (Å²) in [5, 5.41) is 6.10. The molecule has 0 bridgehead atoms. The van der Waals surface area contributed by atoms with E-state index >= 15 is 0 Å². The first-order chi connectivity index (χ1) is 12.7. The highest BCUT2D eigenvalue weighted by molar-refractivity contribution is 6.03. The maximum atomic E-state index is 12.4. The van der Waals surface area contributed by atoms with Gasteiger partial charge in [-0.3, -0.25) is 4.79 Å². The number of carbonyl (C=O) groups is 1. The average molecular weight is 352 g/mol. The summed E-state index contributed by atoms with van der Waals surface area (Å²) in [5.41, 5.74) is 2.53. The number of ether oxygens (including phenoxy) is 1. The molecule has 2 aromatic rings. The van der Waals surface area contributed by atoms with Gasteiger partial charge in [0.05, 0.1) is 7.11 Å². The van der Waals surface area contributed by atoms with Crippen molar-refractivity contribution in [2.45, 2.75) is 32.1 Å². The molecular weight excluding hydrogens is 328 g/mol. The van der Waals surface area contributed by atoms with Gasteiger partial charge in [-0.15, -0.1) is 0 Å². The molecule has 3 rings (SSSR count). The van der Waals surface area contributed by atoms with Crippen molar-refractivity contribution in [3.8, 4) is 5.75 Å². The van der Waals surface area contributed by atoms with Crippen molar-refractivity contribution >= 4 is 17.4 Å². The summed E-state index contributed by atoms with van der Waals surface area (Å²) >= 11 is 0. The van der Waals surface area contributed by atoms with E-state index in [0.29, 0.717) is 17.2 Å². The number of hydrogen-bond donors (Lipinski definition) is 2. The number of benzene rings is 1. The molecule has 26 heavy (non-hydrogen) atoms. The molecule has 0 fully saturated rings. The maximum Gasteiger partial charge on any atom is 0.274 e. The first-order valence-corrected chi connectivity index (χ1v) is 8.94. The van der Waals surface area contributed by atoms with E-state index in [1.165, 1.54) is 37.6 Å². The van der Waals surface area contributed by atoms with E-state index in [0.717, 1.165) is 18.7 Å². The van der Waals surface area contributed by atoms with Gasteiger partial charge in [-0.1, -0.05) is 11.6 Å². The van der Waals surface area contributed by atoms with Crippen LogP contribution in [-0.4, -0.2) is 29.5 Å². The molecule has 0 atom stereocenters. The number of allylic oxidation sites excluding steroid dienone is 1. The number of anilines is 2. The number of aromatic nitrogens is 2. The second-order valence-electron chi connectivity index (χ2n) is 6.26. The molecule has 0 aliphatic heterocycles. The molecule has 2 N–H and O–H groups in total. The molecule has 1 aromatic heterocycles.